The highest BCUT2D eigenvalue weighted by atomic mass is 79.9. The van der Waals surface area contributed by atoms with Crippen LogP contribution in [0, 0.1) is 0 Å². The van der Waals surface area contributed by atoms with Crippen LogP contribution in [0.25, 0.3) is 11.1 Å². The normalized spacial score (nSPS) is 14.1. The summed E-state index contributed by atoms with van der Waals surface area (Å²) < 4.78 is 5.95. The predicted molar refractivity (Wildman–Crippen MR) is 96.7 cm³/mol. The van der Waals surface area contributed by atoms with E-state index in [0.717, 1.165) is 46.1 Å². The molecule has 1 heterocycles. The van der Waals surface area contributed by atoms with E-state index >= 15 is 0 Å². The van der Waals surface area contributed by atoms with Gasteiger partial charge in [-0.25, -0.2) is 9.78 Å². The van der Waals surface area contributed by atoms with E-state index in [4.69, 9.17) is 4.74 Å². The van der Waals surface area contributed by atoms with Gasteiger partial charge in [-0.2, -0.15) is 0 Å². The second kappa shape index (κ2) is 7.18. The molecule has 2 aromatic rings. The fourth-order valence-corrected chi connectivity index (χ4v) is 3.36. The van der Waals surface area contributed by atoms with E-state index in [1.54, 1.807) is 19.1 Å². The van der Waals surface area contributed by atoms with Gasteiger partial charge in [0.15, 0.2) is 0 Å². The Morgan fingerprint density at radius 1 is 1.25 bits per heavy atom. The molecule has 1 aliphatic rings. The number of phenolic OH excluding ortho intramolecular Hbond substituents is 1. The summed E-state index contributed by atoms with van der Waals surface area (Å²) in [6.07, 6.45) is 2.76. The quantitative estimate of drug-likeness (QED) is 0.763. The van der Waals surface area contributed by atoms with E-state index in [0.29, 0.717) is 12.3 Å². The average Bonchev–Trinajstić information content (AvgIpc) is 3.07. The standard InChI is InChI=1S/C19H18BrNO3/c1-2-24-19(23)17-8-4-7-16(21-17)14-6-3-5-13(14)15-11-12(20)9-10-18(15)22/h4,7-11,22H,2-3,5-6H2,1H3. The fraction of sp³-hybridized carbons (Fsp3) is 0.263. The van der Waals surface area contributed by atoms with Gasteiger partial charge in [0.1, 0.15) is 11.4 Å². The minimum atomic E-state index is -0.412. The fourth-order valence-electron chi connectivity index (χ4n) is 3.00. The van der Waals surface area contributed by atoms with Gasteiger partial charge < -0.3 is 9.84 Å². The lowest BCUT2D eigenvalue weighted by atomic mass is 9.99. The van der Waals surface area contributed by atoms with Gasteiger partial charge in [-0.15, -0.1) is 0 Å². The number of allylic oxidation sites excluding steroid dienone is 2. The molecule has 0 radical (unpaired) electrons. The molecule has 0 saturated carbocycles. The highest BCUT2D eigenvalue weighted by Crippen LogP contribution is 2.42. The third kappa shape index (κ3) is 3.36. The Morgan fingerprint density at radius 3 is 2.83 bits per heavy atom. The van der Waals surface area contributed by atoms with Crippen LogP contribution in [0.5, 0.6) is 5.75 Å². The minimum Gasteiger partial charge on any atom is -0.507 e. The third-order valence-electron chi connectivity index (χ3n) is 4.04. The van der Waals surface area contributed by atoms with Crippen molar-refractivity contribution in [1.82, 2.24) is 4.98 Å². The minimum absolute atomic E-state index is 0.258. The Morgan fingerprint density at radius 2 is 2.04 bits per heavy atom. The number of halogens is 1. The van der Waals surface area contributed by atoms with Crippen LogP contribution in [0.4, 0.5) is 0 Å². The van der Waals surface area contributed by atoms with E-state index in [9.17, 15) is 9.90 Å². The molecule has 0 spiro atoms. The molecular weight excluding hydrogens is 370 g/mol. The first-order valence-corrected chi connectivity index (χ1v) is 8.75. The van der Waals surface area contributed by atoms with Crippen molar-refractivity contribution >= 4 is 33.0 Å². The molecule has 4 nitrogen and oxygen atoms in total. The van der Waals surface area contributed by atoms with Crippen LogP contribution in [0.3, 0.4) is 0 Å². The molecule has 5 heteroatoms. The summed E-state index contributed by atoms with van der Waals surface area (Å²) in [5.74, 6) is -0.154. The zero-order valence-corrected chi connectivity index (χ0v) is 15.0. The maximum Gasteiger partial charge on any atom is 0.356 e. The molecule has 1 aliphatic carbocycles. The Hall–Kier alpha value is -2.14. The SMILES string of the molecule is CCOC(=O)c1cccc(C2=C(c3cc(Br)ccc3O)CCC2)n1. The summed E-state index contributed by atoms with van der Waals surface area (Å²) in [5.41, 5.74) is 4.07. The van der Waals surface area contributed by atoms with Crippen LogP contribution in [-0.4, -0.2) is 22.7 Å². The van der Waals surface area contributed by atoms with Crippen molar-refractivity contribution in [2.24, 2.45) is 0 Å². The molecule has 1 N–H and O–H groups in total. The number of benzene rings is 1. The van der Waals surface area contributed by atoms with E-state index in [-0.39, 0.29) is 5.75 Å². The summed E-state index contributed by atoms with van der Waals surface area (Å²) in [4.78, 5) is 16.4. The second-order valence-corrected chi connectivity index (χ2v) is 6.52. The zero-order valence-electron chi connectivity index (χ0n) is 13.4. The van der Waals surface area contributed by atoms with Crippen LogP contribution in [0.1, 0.15) is 47.9 Å². The number of ether oxygens (including phenoxy) is 1. The number of esters is 1. The molecule has 0 saturated heterocycles. The van der Waals surface area contributed by atoms with Crippen molar-refractivity contribution in [3.05, 3.63) is 57.8 Å². The Labute approximate surface area is 149 Å². The number of rotatable bonds is 4. The van der Waals surface area contributed by atoms with Gasteiger partial charge in [0.25, 0.3) is 0 Å². The van der Waals surface area contributed by atoms with Crippen molar-refractivity contribution in [3.63, 3.8) is 0 Å². The number of hydrogen-bond acceptors (Lipinski definition) is 4. The lowest BCUT2D eigenvalue weighted by molar-refractivity contribution is 0.0519. The average molecular weight is 388 g/mol. The van der Waals surface area contributed by atoms with Crippen molar-refractivity contribution in [2.45, 2.75) is 26.2 Å². The number of hydrogen-bond donors (Lipinski definition) is 1. The molecule has 24 heavy (non-hydrogen) atoms. The first-order chi connectivity index (χ1) is 11.6. The smallest absolute Gasteiger partial charge is 0.356 e. The zero-order chi connectivity index (χ0) is 17.1. The molecule has 0 atom stereocenters. The van der Waals surface area contributed by atoms with Gasteiger partial charge in [-0.3, -0.25) is 0 Å². The highest BCUT2D eigenvalue weighted by molar-refractivity contribution is 9.10. The van der Waals surface area contributed by atoms with Crippen LogP contribution in [0.15, 0.2) is 40.9 Å². The monoisotopic (exact) mass is 387 g/mol. The summed E-state index contributed by atoms with van der Waals surface area (Å²) in [6, 6.07) is 10.8. The van der Waals surface area contributed by atoms with Crippen molar-refractivity contribution in [3.8, 4) is 5.75 Å². The number of aromatic hydroxyl groups is 1. The summed E-state index contributed by atoms with van der Waals surface area (Å²) in [7, 11) is 0. The summed E-state index contributed by atoms with van der Waals surface area (Å²) in [5, 5.41) is 10.2. The Kier molecular flexibility index (Phi) is 5.00. The van der Waals surface area contributed by atoms with E-state index in [2.05, 4.69) is 20.9 Å². The van der Waals surface area contributed by atoms with Gasteiger partial charge >= 0.3 is 5.97 Å². The number of aromatic nitrogens is 1. The van der Waals surface area contributed by atoms with E-state index in [1.165, 1.54) is 0 Å². The van der Waals surface area contributed by atoms with Crippen molar-refractivity contribution in [2.75, 3.05) is 6.61 Å². The molecule has 1 aromatic heterocycles. The third-order valence-corrected chi connectivity index (χ3v) is 4.54. The Bertz CT molecular complexity index is 814. The first-order valence-electron chi connectivity index (χ1n) is 7.95. The van der Waals surface area contributed by atoms with Crippen LogP contribution in [0.2, 0.25) is 0 Å². The van der Waals surface area contributed by atoms with Gasteiger partial charge in [0.05, 0.1) is 12.3 Å². The topological polar surface area (TPSA) is 59.4 Å². The van der Waals surface area contributed by atoms with Crippen LogP contribution < -0.4 is 0 Å². The number of carbonyl (C=O) groups is 1. The summed E-state index contributed by atoms with van der Waals surface area (Å²) >= 11 is 3.46. The highest BCUT2D eigenvalue weighted by Gasteiger charge is 2.22. The lowest BCUT2D eigenvalue weighted by Gasteiger charge is -2.11. The number of carbonyl (C=O) groups excluding carboxylic acids is 1. The van der Waals surface area contributed by atoms with Crippen LogP contribution >= 0.6 is 15.9 Å². The lowest BCUT2D eigenvalue weighted by Crippen LogP contribution is -2.08. The van der Waals surface area contributed by atoms with Crippen molar-refractivity contribution < 1.29 is 14.6 Å². The molecule has 0 aliphatic heterocycles. The summed E-state index contributed by atoms with van der Waals surface area (Å²) in [6.45, 7) is 2.10. The molecule has 0 amide bonds. The van der Waals surface area contributed by atoms with Gasteiger partial charge in [-0.05, 0) is 67.7 Å². The number of pyridine rings is 1. The molecule has 3 rings (SSSR count). The molecule has 0 fully saturated rings. The Balaban J connectivity index is 2.05. The second-order valence-electron chi connectivity index (χ2n) is 5.60. The molecular formula is C19H18BrNO3. The van der Waals surface area contributed by atoms with Gasteiger partial charge in [0, 0.05) is 10.0 Å². The van der Waals surface area contributed by atoms with E-state index < -0.39 is 5.97 Å². The molecule has 1 aromatic carbocycles. The molecule has 124 valence electrons. The molecule has 0 unspecified atom stereocenters. The van der Waals surface area contributed by atoms with Gasteiger partial charge in [-0.1, -0.05) is 22.0 Å². The van der Waals surface area contributed by atoms with Crippen LogP contribution in [-0.2, 0) is 4.74 Å². The van der Waals surface area contributed by atoms with E-state index in [1.807, 2.05) is 24.3 Å². The molecule has 0 bridgehead atoms. The maximum absolute atomic E-state index is 11.9. The predicted octanol–water partition coefficient (Wildman–Crippen LogP) is 4.82. The van der Waals surface area contributed by atoms with Gasteiger partial charge in [0.2, 0.25) is 0 Å². The largest absolute Gasteiger partial charge is 0.507 e. The first kappa shape index (κ1) is 16.7. The maximum atomic E-state index is 11.9. The number of nitrogens with zero attached hydrogens (tertiary/aromatic N) is 1. The number of phenols is 1. The van der Waals surface area contributed by atoms with Crippen molar-refractivity contribution in [1.29, 1.82) is 0 Å².